The van der Waals surface area contributed by atoms with Crippen LogP contribution >= 0.6 is 0 Å². The third-order valence-corrected chi connectivity index (χ3v) is 2.18. The molecule has 0 aromatic carbocycles. The molecule has 88 valence electrons. The number of rotatable bonds is 2. The van der Waals surface area contributed by atoms with Crippen molar-refractivity contribution in [2.24, 2.45) is 0 Å². The molecular formula is C10H9N3O4. The van der Waals surface area contributed by atoms with Gasteiger partial charge in [-0.2, -0.15) is 0 Å². The zero-order valence-corrected chi connectivity index (χ0v) is 9.21. The second-order valence-corrected chi connectivity index (χ2v) is 3.13. The Hall–Kier alpha value is -2.44. The van der Waals surface area contributed by atoms with Gasteiger partial charge in [-0.05, 0) is 0 Å². The average molecular weight is 235 g/mol. The first-order chi connectivity index (χ1) is 8.17. The van der Waals surface area contributed by atoms with Crippen molar-refractivity contribution in [3.8, 4) is 5.75 Å². The Morgan fingerprint density at radius 3 is 2.65 bits per heavy atom. The molecule has 2 aromatic heterocycles. The summed E-state index contributed by atoms with van der Waals surface area (Å²) in [6.07, 6.45) is 3.98. The van der Waals surface area contributed by atoms with Crippen molar-refractivity contribution in [3.05, 3.63) is 34.5 Å². The Bertz CT molecular complexity index is 635. The Morgan fingerprint density at radius 1 is 1.29 bits per heavy atom. The molecule has 0 unspecified atom stereocenters. The topological polar surface area (TPSA) is 82.8 Å². The predicted molar refractivity (Wildman–Crippen MR) is 57.1 cm³/mol. The largest absolute Gasteiger partial charge is 0.494 e. The molecule has 0 N–H and O–H groups in total. The lowest BCUT2D eigenvalue weighted by molar-refractivity contribution is 0.0598. The highest BCUT2D eigenvalue weighted by Gasteiger charge is 2.14. The quantitative estimate of drug-likeness (QED) is 0.675. The van der Waals surface area contributed by atoms with Crippen LogP contribution in [0.15, 0.2) is 23.4 Å². The predicted octanol–water partition coefficient (Wildman–Crippen LogP) is -0.115. The van der Waals surface area contributed by atoms with Crippen molar-refractivity contribution in [1.82, 2.24) is 14.4 Å². The van der Waals surface area contributed by atoms with E-state index < -0.39 is 11.5 Å². The van der Waals surface area contributed by atoms with Gasteiger partial charge in [0.1, 0.15) is 5.56 Å². The van der Waals surface area contributed by atoms with Crippen molar-refractivity contribution < 1.29 is 14.3 Å². The number of methoxy groups -OCH3 is 2. The van der Waals surface area contributed by atoms with Crippen LogP contribution < -0.4 is 10.3 Å². The highest BCUT2D eigenvalue weighted by Crippen LogP contribution is 2.06. The van der Waals surface area contributed by atoms with Crippen LogP contribution in [-0.2, 0) is 4.74 Å². The van der Waals surface area contributed by atoms with Gasteiger partial charge in [-0.25, -0.2) is 19.2 Å². The lowest BCUT2D eigenvalue weighted by Crippen LogP contribution is -2.24. The van der Waals surface area contributed by atoms with Crippen molar-refractivity contribution in [1.29, 1.82) is 0 Å². The van der Waals surface area contributed by atoms with E-state index in [4.69, 9.17) is 4.74 Å². The van der Waals surface area contributed by atoms with Gasteiger partial charge in [0.25, 0.3) is 5.56 Å². The van der Waals surface area contributed by atoms with Crippen LogP contribution in [0.5, 0.6) is 5.75 Å². The van der Waals surface area contributed by atoms with E-state index >= 15 is 0 Å². The lowest BCUT2D eigenvalue weighted by atomic mass is 10.3. The minimum Gasteiger partial charge on any atom is -0.494 e. The normalized spacial score (nSPS) is 10.2. The standard InChI is InChI=1S/C10H9N3O4/c1-16-6-3-11-10-12-4-7(9(15)17-2)8(14)13(10)5-6/h3-5H,1-2H3. The second kappa shape index (κ2) is 4.20. The molecule has 0 atom stereocenters. The van der Waals surface area contributed by atoms with E-state index in [2.05, 4.69) is 14.7 Å². The number of nitrogens with zero attached hydrogens (tertiary/aromatic N) is 3. The van der Waals surface area contributed by atoms with Crippen molar-refractivity contribution in [3.63, 3.8) is 0 Å². The molecule has 17 heavy (non-hydrogen) atoms. The first-order valence-corrected chi connectivity index (χ1v) is 4.67. The maximum absolute atomic E-state index is 11.9. The summed E-state index contributed by atoms with van der Waals surface area (Å²) >= 11 is 0. The highest BCUT2D eigenvalue weighted by molar-refractivity contribution is 5.88. The molecule has 0 amide bonds. The molecule has 7 heteroatoms. The van der Waals surface area contributed by atoms with Crippen LogP contribution in [0.4, 0.5) is 0 Å². The second-order valence-electron chi connectivity index (χ2n) is 3.13. The van der Waals surface area contributed by atoms with Gasteiger partial charge in [0.2, 0.25) is 5.78 Å². The number of carbonyl (C=O) groups is 1. The van der Waals surface area contributed by atoms with E-state index in [-0.39, 0.29) is 11.3 Å². The molecule has 0 aliphatic carbocycles. The number of hydrogen-bond donors (Lipinski definition) is 0. The van der Waals surface area contributed by atoms with E-state index in [1.807, 2.05) is 0 Å². The maximum atomic E-state index is 11.9. The third-order valence-electron chi connectivity index (χ3n) is 2.18. The molecule has 0 saturated carbocycles. The van der Waals surface area contributed by atoms with Crippen LogP contribution in [0.3, 0.4) is 0 Å². The number of hydrogen-bond acceptors (Lipinski definition) is 6. The van der Waals surface area contributed by atoms with Crippen LogP contribution in [-0.4, -0.2) is 34.6 Å². The number of esters is 1. The maximum Gasteiger partial charge on any atom is 0.345 e. The molecule has 0 bridgehead atoms. The smallest absolute Gasteiger partial charge is 0.345 e. The number of carbonyl (C=O) groups excluding carboxylic acids is 1. The minimum absolute atomic E-state index is 0.153. The first kappa shape index (κ1) is 11.1. The summed E-state index contributed by atoms with van der Waals surface area (Å²) < 4.78 is 10.5. The molecule has 2 aromatic rings. The van der Waals surface area contributed by atoms with E-state index in [1.54, 1.807) is 0 Å². The zero-order valence-electron chi connectivity index (χ0n) is 9.21. The molecule has 0 spiro atoms. The van der Waals surface area contributed by atoms with E-state index in [0.717, 1.165) is 10.6 Å². The number of aromatic nitrogens is 3. The fraction of sp³-hybridized carbons (Fsp3) is 0.200. The van der Waals surface area contributed by atoms with Crippen molar-refractivity contribution in [2.75, 3.05) is 14.2 Å². The van der Waals surface area contributed by atoms with E-state index in [0.29, 0.717) is 5.75 Å². The monoisotopic (exact) mass is 235 g/mol. The summed E-state index contributed by atoms with van der Waals surface area (Å²) in [6, 6.07) is 0. The first-order valence-electron chi connectivity index (χ1n) is 4.67. The van der Waals surface area contributed by atoms with Gasteiger partial charge in [-0.15, -0.1) is 0 Å². The minimum atomic E-state index is -0.736. The van der Waals surface area contributed by atoms with Gasteiger partial charge in [-0.3, -0.25) is 4.79 Å². The molecule has 0 saturated heterocycles. The molecule has 0 aliphatic heterocycles. The number of fused-ring (bicyclic) bond motifs is 1. The average Bonchev–Trinajstić information content (AvgIpc) is 2.38. The van der Waals surface area contributed by atoms with E-state index in [1.165, 1.54) is 26.6 Å². The summed E-state index contributed by atoms with van der Waals surface area (Å²) in [7, 11) is 2.64. The summed E-state index contributed by atoms with van der Waals surface area (Å²) in [5.41, 5.74) is -0.701. The van der Waals surface area contributed by atoms with Crippen LogP contribution in [0.1, 0.15) is 10.4 Å². The zero-order chi connectivity index (χ0) is 12.4. The van der Waals surface area contributed by atoms with Gasteiger partial charge in [0, 0.05) is 0 Å². The fourth-order valence-electron chi connectivity index (χ4n) is 1.31. The Morgan fingerprint density at radius 2 is 2.00 bits per heavy atom. The van der Waals surface area contributed by atoms with Gasteiger partial charge in [0.05, 0.1) is 32.8 Å². The Labute approximate surface area is 95.6 Å². The molecule has 7 nitrogen and oxygen atoms in total. The van der Waals surface area contributed by atoms with Gasteiger partial charge >= 0.3 is 5.97 Å². The Kier molecular flexibility index (Phi) is 2.73. The molecule has 2 heterocycles. The molecule has 2 rings (SSSR count). The third kappa shape index (κ3) is 1.82. The van der Waals surface area contributed by atoms with E-state index in [9.17, 15) is 9.59 Å². The summed E-state index contributed by atoms with van der Waals surface area (Å²) in [4.78, 5) is 31.0. The van der Waals surface area contributed by atoms with Gasteiger partial charge < -0.3 is 9.47 Å². The van der Waals surface area contributed by atoms with Crippen molar-refractivity contribution in [2.45, 2.75) is 0 Å². The molecule has 0 radical (unpaired) electrons. The summed E-state index contributed by atoms with van der Waals surface area (Å²) in [6.45, 7) is 0. The molecule has 0 aliphatic rings. The van der Waals surface area contributed by atoms with Gasteiger partial charge in [-0.1, -0.05) is 0 Å². The lowest BCUT2D eigenvalue weighted by Gasteiger charge is -2.04. The van der Waals surface area contributed by atoms with Crippen molar-refractivity contribution >= 4 is 11.7 Å². The highest BCUT2D eigenvalue weighted by atomic mass is 16.5. The summed E-state index contributed by atoms with van der Waals surface area (Å²) in [5.74, 6) is -0.161. The fourth-order valence-corrected chi connectivity index (χ4v) is 1.31. The van der Waals surface area contributed by atoms with Crippen LogP contribution in [0.2, 0.25) is 0 Å². The summed E-state index contributed by atoms with van der Waals surface area (Å²) in [5, 5.41) is 0. The van der Waals surface area contributed by atoms with Crippen LogP contribution in [0.25, 0.3) is 5.78 Å². The number of ether oxygens (including phenoxy) is 2. The Balaban J connectivity index is 2.73. The SMILES string of the molecule is COC(=O)c1cnc2ncc(OC)cn2c1=O. The van der Waals surface area contributed by atoms with Gasteiger partial charge in [0.15, 0.2) is 5.75 Å². The molecular weight excluding hydrogens is 226 g/mol. The molecule has 0 fully saturated rings. The van der Waals surface area contributed by atoms with Crippen LogP contribution in [0, 0.1) is 0 Å².